The summed E-state index contributed by atoms with van der Waals surface area (Å²) in [5, 5.41) is 11.7. The molecule has 5 heteroatoms. The highest BCUT2D eigenvalue weighted by atomic mass is 16.4. The molecule has 0 saturated heterocycles. The van der Waals surface area contributed by atoms with Gasteiger partial charge in [0.1, 0.15) is 0 Å². The molecule has 0 atom stereocenters. The second kappa shape index (κ2) is 5.62. The number of rotatable bonds is 3. The van der Waals surface area contributed by atoms with E-state index in [1.807, 2.05) is 0 Å². The van der Waals surface area contributed by atoms with Gasteiger partial charge in [0.05, 0.1) is 5.92 Å². The van der Waals surface area contributed by atoms with Crippen molar-refractivity contribution < 1.29 is 14.7 Å². The molecule has 1 heterocycles. The molecule has 0 bridgehead atoms. The zero-order valence-electron chi connectivity index (χ0n) is 10.0. The smallest absolute Gasteiger partial charge is 0.306 e. The maximum Gasteiger partial charge on any atom is 0.306 e. The van der Waals surface area contributed by atoms with E-state index in [-0.39, 0.29) is 17.7 Å². The van der Waals surface area contributed by atoms with Crippen LogP contribution in [0.4, 0.5) is 5.69 Å². The number of carboxylic acids is 1. The second-order valence-corrected chi connectivity index (χ2v) is 4.61. The third-order valence-corrected chi connectivity index (χ3v) is 3.40. The van der Waals surface area contributed by atoms with Crippen molar-refractivity contribution in [2.24, 2.45) is 11.8 Å². The van der Waals surface area contributed by atoms with Crippen LogP contribution in [0.2, 0.25) is 0 Å². The van der Waals surface area contributed by atoms with Crippen LogP contribution in [-0.2, 0) is 9.59 Å². The Bertz CT molecular complexity index is 425. The minimum Gasteiger partial charge on any atom is -0.481 e. The Labute approximate surface area is 105 Å². The number of anilines is 1. The third-order valence-electron chi connectivity index (χ3n) is 3.40. The molecule has 0 aromatic carbocycles. The van der Waals surface area contributed by atoms with Crippen molar-refractivity contribution >= 4 is 17.6 Å². The normalized spacial score (nSPS) is 23.3. The first-order chi connectivity index (χ1) is 8.66. The first-order valence-electron chi connectivity index (χ1n) is 6.10. The van der Waals surface area contributed by atoms with E-state index >= 15 is 0 Å². The van der Waals surface area contributed by atoms with Crippen molar-refractivity contribution in [3.8, 4) is 0 Å². The summed E-state index contributed by atoms with van der Waals surface area (Å²) in [7, 11) is 0. The molecule has 0 radical (unpaired) electrons. The minimum atomic E-state index is -0.747. The molecule has 1 aliphatic rings. The van der Waals surface area contributed by atoms with E-state index in [2.05, 4.69) is 10.3 Å². The van der Waals surface area contributed by atoms with Gasteiger partial charge >= 0.3 is 5.97 Å². The lowest BCUT2D eigenvalue weighted by molar-refractivity contribution is -0.143. The Morgan fingerprint density at radius 3 is 2.22 bits per heavy atom. The number of nitrogens with zero attached hydrogens (tertiary/aromatic N) is 1. The van der Waals surface area contributed by atoms with Crippen molar-refractivity contribution in [1.29, 1.82) is 0 Å². The summed E-state index contributed by atoms with van der Waals surface area (Å²) in [6, 6.07) is 3.47. The molecule has 18 heavy (non-hydrogen) atoms. The number of nitrogens with one attached hydrogen (secondary N) is 1. The van der Waals surface area contributed by atoms with Crippen LogP contribution >= 0.6 is 0 Å². The van der Waals surface area contributed by atoms with Crippen LogP contribution in [0, 0.1) is 11.8 Å². The van der Waals surface area contributed by atoms with Gasteiger partial charge in [0.25, 0.3) is 0 Å². The highest BCUT2D eigenvalue weighted by Gasteiger charge is 2.29. The molecule has 5 nitrogen and oxygen atoms in total. The predicted molar refractivity (Wildman–Crippen MR) is 66.0 cm³/mol. The Morgan fingerprint density at radius 2 is 1.67 bits per heavy atom. The number of amides is 1. The Morgan fingerprint density at radius 1 is 1.11 bits per heavy atom. The number of hydrogen-bond donors (Lipinski definition) is 2. The Kier molecular flexibility index (Phi) is 3.92. The van der Waals surface area contributed by atoms with E-state index < -0.39 is 5.97 Å². The quantitative estimate of drug-likeness (QED) is 0.856. The van der Waals surface area contributed by atoms with Gasteiger partial charge in [0.2, 0.25) is 5.91 Å². The van der Waals surface area contributed by atoms with Crippen molar-refractivity contribution in [3.05, 3.63) is 24.5 Å². The second-order valence-electron chi connectivity index (χ2n) is 4.61. The number of aromatic nitrogens is 1. The maximum atomic E-state index is 12.0. The highest BCUT2D eigenvalue weighted by molar-refractivity contribution is 5.92. The van der Waals surface area contributed by atoms with Crippen LogP contribution in [0.5, 0.6) is 0 Å². The van der Waals surface area contributed by atoms with E-state index in [1.165, 1.54) is 0 Å². The molecule has 0 unspecified atom stereocenters. The van der Waals surface area contributed by atoms with Gasteiger partial charge in [-0.15, -0.1) is 0 Å². The molecule has 1 aliphatic carbocycles. The molecule has 0 spiro atoms. The van der Waals surface area contributed by atoms with Crippen LogP contribution in [0.3, 0.4) is 0 Å². The fourth-order valence-electron chi connectivity index (χ4n) is 2.28. The number of hydrogen-bond acceptors (Lipinski definition) is 3. The van der Waals surface area contributed by atoms with Gasteiger partial charge in [-0.25, -0.2) is 0 Å². The molecule has 1 amide bonds. The lowest BCUT2D eigenvalue weighted by Crippen LogP contribution is -2.29. The van der Waals surface area contributed by atoms with Crippen LogP contribution < -0.4 is 5.32 Å². The van der Waals surface area contributed by atoms with Gasteiger partial charge in [0, 0.05) is 24.0 Å². The summed E-state index contributed by atoms with van der Waals surface area (Å²) in [5.41, 5.74) is 0.732. The molecule has 1 saturated carbocycles. The predicted octanol–water partition coefficient (Wildman–Crippen LogP) is 1.91. The Balaban J connectivity index is 1.86. The molecule has 1 fully saturated rings. The fourth-order valence-corrected chi connectivity index (χ4v) is 2.28. The number of carboxylic acid groups (broad SMARTS) is 1. The van der Waals surface area contributed by atoms with Gasteiger partial charge in [-0.2, -0.15) is 0 Å². The fraction of sp³-hybridized carbons (Fsp3) is 0.462. The van der Waals surface area contributed by atoms with Gasteiger partial charge in [-0.1, -0.05) is 0 Å². The standard InChI is InChI=1S/C13H16N2O3/c16-12(15-11-5-7-14-8-6-11)9-1-3-10(4-2-9)13(17)18/h5-10H,1-4H2,(H,17,18)(H,14,15,16). The van der Waals surface area contributed by atoms with Gasteiger partial charge in [-0.3, -0.25) is 14.6 Å². The van der Waals surface area contributed by atoms with Gasteiger partial charge in [-0.05, 0) is 37.8 Å². The number of aliphatic carboxylic acids is 1. The van der Waals surface area contributed by atoms with Crippen molar-refractivity contribution in [1.82, 2.24) is 4.98 Å². The average Bonchev–Trinajstić information content (AvgIpc) is 2.40. The van der Waals surface area contributed by atoms with Crippen LogP contribution in [0.25, 0.3) is 0 Å². The van der Waals surface area contributed by atoms with E-state index in [0.717, 1.165) is 5.69 Å². The van der Waals surface area contributed by atoms with E-state index in [0.29, 0.717) is 25.7 Å². The lowest BCUT2D eigenvalue weighted by Gasteiger charge is -2.25. The molecular weight excluding hydrogens is 232 g/mol. The highest BCUT2D eigenvalue weighted by Crippen LogP contribution is 2.29. The molecular formula is C13H16N2O3. The van der Waals surface area contributed by atoms with Crippen molar-refractivity contribution in [2.75, 3.05) is 5.32 Å². The van der Waals surface area contributed by atoms with Crippen LogP contribution in [0.1, 0.15) is 25.7 Å². The van der Waals surface area contributed by atoms with E-state index in [9.17, 15) is 9.59 Å². The number of carbonyl (C=O) groups is 2. The first kappa shape index (κ1) is 12.5. The zero-order valence-corrected chi connectivity index (χ0v) is 10.0. The summed E-state index contributed by atoms with van der Waals surface area (Å²) in [6.07, 6.45) is 5.71. The summed E-state index contributed by atoms with van der Waals surface area (Å²) >= 11 is 0. The van der Waals surface area contributed by atoms with Gasteiger partial charge in [0.15, 0.2) is 0 Å². The molecule has 2 rings (SSSR count). The number of carbonyl (C=O) groups excluding carboxylic acids is 1. The zero-order chi connectivity index (χ0) is 13.0. The SMILES string of the molecule is O=C(O)C1CCC(C(=O)Nc2ccncc2)CC1. The Hall–Kier alpha value is -1.91. The minimum absolute atomic E-state index is 0.0231. The lowest BCUT2D eigenvalue weighted by atomic mass is 9.81. The summed E-state index contributed by atoms with van der Waals surface area (Å²) in [5.74, 6) is -1.13. The molecule has 96 valence electrons. The number of pyridine rings is 1. The summed E-state index contributed by atoms with van der Waals surface area (Å²) in [4.78, 5) is 26.7. The molecule has 1 aromatic rings. The van der Waals surface area contributed by atoms with E-state index in [4.69, 9.17) is 5.11 Å². The first-order valence-corrected chi connectivity index (χ1v) is 6.10. The monoisotopic (exact) mass is 248 g/mol. The topological polar surface area (TPSA) is 79.3 Å². The molecule has 2 N–H and O–H groups in total. The van der Waals surface area contributed by atoms with Crippen LogP contribution in [-0.4, -0.2) is 22.0 Å². The molecule has 0 aliphatic heterocycles. The molecule has 1 aromatic heterocycles. The van der Waals surface area contributed by atoms with E-state index in [1.54, 1.807) is 24.5 Å². The summed E-state index contributed by atoms with van der Waals surface area (Å²) < 4.78 is 0. The van der Waals surface area contributed by atoms with Crippen LogP contribution in [0.15, 0.2) is 24.5 Å². The largest absolute Gasteiger partial charge is 0.481 e. The average molecular weight is 248 g/mol. The van der Waals surface area contributed by atoms with Crippen molar-refractivity contribution in [2.45, 2.75) is 25.7 Å². The summed E-state index contributed by atoms with van der Waals surface area (Å²) in [6.45, 7) is 0. The maximum absolute atomic E-state index is 12.0. The third kappa shape index (κ3) is 3.06. The van der Waals surface area contributed by atoms with Gasteiger partial charge < -0.3 is 10.4 Å². The van der Waals surface area contributed by atoms with Crippen molar-refractivity contribution in [3.63, 3.8) is 0 Å².